The van der Waals surface area contributed by atoms with Crippen LogP contribution in [0, 0.1) is 5.92 Å². The number of aliphatic hydroxyl groups excluding tert-OH is 1. The van der Waals surface area contributed by atoms with E-state index in [2.05, 4.69) is 19.2 Å². The van der Waals surface area contributed by atoms with Crippen molar-refractivity contribution in [2.75, 3.05) is 6.61 Å². The molecule has 84 valence electrons. The predicted octanol–water partition coefficient (Wildman–Crippen LogP) is 2.32. The van der Waals surface area contributed by atoms with E-state index >= 15 is 0 Å². The maximum Gasteiger partial charge on any atom is 0.0582 e. The number of aliphatic hydroxyl groups is 1. The molecule has 0 radical (unpaired) electrons. The molecule has 0 amide bonds. The Morgan fingerprint density at radius 1 is 1.29 bits per heavy atom. The second-order valence-corrected chi connectivity index (χ2v) is 4.66. The summed E-state index contributed by atoms with van der Waals surface area (Å²) in [5.41, 5.74) is 0. The van der Waals surface area contributed by atoms with E-state index in [1.54, 1.807) is 0 Å². The molecule has 0 aromatic rings. The molecule has 1 rings (SSSR count). The number of hydrogen-bond donors (Lipinski definition) is 2. The highest BCUT2D eigenvalue weighted by atomic mass is 16.3. The lowest BCUT2D eigenvalue weighted by molar-refractivity contribution is 0.201. The summed E-state index contributed by atoms with van der Waals surface area (Å²) >= 11 is 0. The number of nitrogens with one attached hydrogen (secondary N) is 1. The van der Waals surface area contributed by atoms with Gasteiger partial charge in [-0.2, -0.15) is 0 Å². The maximum atomic E-state index is 9.02. The number of rotatable bonds is 5. The Hall–Kier alpha value is -0.0800. The predicted molar refractivity (Wildman–Crippen MR) is 60.3 cm³/mol. The van der Waals surface area contributed by atoms with Gasteiger partial charge in [0.05, 0.1) is 6.61 Å². The van der Waals surface area contributed by atoms with E-state index < -0.39 is 0 Å². The van der Waals surface area contributed by atoms with Crippen LogP contribution in [-0.4, -0.2) is 23.8 Å². The molecule has 0 aliphatic heterocycles. The fourth-order valence-corrected chi connectivity index (χ4v) is 2.54. The lowest BCUT2D eigenvalue weighted by Gasteiger charge is -2.32. The van der Waals surface area contributed by atoms with Crippen LogP contribution >= 0.6 is 0 Å². The molecule has 2 atom stereocenters. The Labute approximate surface area is 88.1 Å². The van der Waals surface area contributed by atoms with E-state index in [1.807, 2.05) is 0 Å². The molecule has 1 aliphatic carbocycles. The first-order valence-electron chi connectivity index (χ1n) is 6.14. The second kappa shape index (κ2) is 6.41. The zero-order valence-electron chi connectivity index (χ0n) is 9.63. The zero-order valence-corrected chi connectivity index (χ0v) is 9.63. The highest BCUT2D eigenvalue weighted by molar-refractivity contribution is 4.80. The van der Waals surface area contributed by atoms with Crippen LogP contribution in [0.2, 0.25) is 0 Å². The third-order valence-electron chi connectivity index (χ3n) is 3.43. The standard InChI is InChI=1S/C12H25NO/c1-3-12(13-10(2)9-14)11-7-5-4-6-8-11/h10-14H,3-9H2,1-2H3. The van der Waals surface area contributed by atoms with Gasteiger partial charge >= 0.3 is 0 Å². The van der Waals surface area contributed by atoms with Gasteiger partial charge in [0.1, 0.15) is 0 Å². The Morgan fingerprint density at radius 3 is 2.43 bits per heavy atom. The summed E-state index contributed by atoms with van der Waals surface area (Å²) in [7, 11) is 0. The third kappa shape index (κ3) is 3.58. The lowest BCUT2D eigenvalue weighted by atomic mass is 9.82. The summed E-state index contributed by atoms with van der Waals surface area (Å²) < 4.78 is 0. The highest BCUT2D eigenvalue weighted by Crippen LogP contribution is 2.27. The first-order valence-corrected chi connectivity index (χ1v) is 6.14. The van der Waals surface area contributed by atoms with Gasteiger partial charge in [0, 0.05) is 12.1 Å². The van der Waals surface area contributed by atoms with E-state index in [9.17, 15) is 0 Å². The van der Waals surface area contributed by atoms with Crippen LogP contribution in [0.25, 0.3) is 0 Å². The fraction of sp³-hybridized carbons (Fsp3) is 1.00. The largest absolute Gasteiger partial charge is 0.395 e. The monoisotopic (exact) mass is 199 g/mol. The molecule has 2 unspecified atom stereocenters. The Bertz CT molecular complexity index is 143. The van der Waals surface area contributed by atoms with Crippen LogP contribution < -0.4 is 5.32 Å². The fourth-order valence-electron chi connectivity index (χ4n) is 2.54. The molecule has 1 aliphatic rings. The zero-order chi connectivity index (χ0) is 10.4. The molecule has 14 heavy (non-hydrogen) atoms. The molecule has 0 saturated heterocycles. The van der Waals surface area contributed by atoms with Gasteiger partial charge in [0.15, 0.2) is 0 Å². The summed E-state index contributed by atoms with van der Waals surface area (Å²) in [4.78, 5) is 0. The summed E-state index contributed by atoms with van der Waals surface area (Å²) in [6.45, 7) is 4.56. The van der Waals surface area contributed by atoms with Crippen LogP contribution in [-0.2, 0) is 0 Å². The molecule has 0 aromatic carbocycles. The van der Waals surface area contributed by atoms with Crippen molar-refractivity contribution >= 4 is 0 Å². The Morgan fingerprint density at radius 2 is 1.93 bits per heavy atom. The van der Waals surface area contributed by atoms with Gasteiger partial charge in [-0.3, -0.25) is 0 Å². The minimum absolute atomic E-state index is 0.252. The van der Waals surface area contributed by atoms with E-state index in [1.165, 1.54) is 38.5 Å². The van der Waals surface area contributed by atoms with Gasteiger partial charge in [0.2, 0.25) is 0 Å². The summed E-state index contributed by atoms with van der Waals surface area (Å²) in [5, 5.41) is 12.6. The van der Waals surface area contributed by atoms with Gasteiger partial charge in [-0.05, 0) is 32.1 Å². The second-order valence-electron chi connectivity index (χ2n) is 4.66. The van der Waals surface area contributed by atoms with Crippen LogP contribution in [0.15, 0.2) is 0 Å². The van der Waals surface area contributed by atoms with E-state index in [4.69, 9.17) is 5.11 Å². The lowest BCUT2D eigenvalue weighted by Crippen LogP contribution is -2.43. The average molecular weight is 199 g/mol. The van der Waals surface area contributed by atoms with Gasteiger partial charge in [0.25, 0.3) is 0 Å². The van der Waals surface area contributed by atoms with Gasteiger partial charge in [-0.25, -0.2) is 0 Å². The quantitative estimate of drug-likeness (QED) is 0.712. The molecular formula is C12H25NO. The summed E-state index contributed by atoms with van der Waals surface area (Å²) in [6.07, 6.45) is 8.16. The molecule has 0 aromatic heterocycles. The van der Waals surface area contributed by atoms with E-state index in [0.717, 1.165) is 5.92 Å². The molecule has 1 saturated carbocycles. The Kier molecular flexibility index (Phi) is 5.49. The van der Waals surface area contributed by atoms with Gasteiger partial charge in [-0.15, -0.1) is 0 Å². The SMILES string of the molecule is CCC(NC(C)CO)C1CCCCC1. The molecule has 0 spiro atoms. The minimum atomic E-state index is 0.252. The molecule has 1 fully saturated rings. The van der Waals surface area contributed by atoms with Crippen molar-refractivity contribution in [3.63, 3.8) is 0 Å². The maximum absolute atomic E-state index is 9.02. The molecule has 2 heteroatoms. The topological polar surface area (TPSA) is 32.3 Å². The first-order chi connectivity index (χ1) is 6.77. The molecular weight excluding hydrogens is 174 g/mol. The Balaban J connectivity index is 2.35. The first kappa shape index (κ1) is 12.0. The molecule has 0 bridgehead atoms. The van der Waals surface area contributed by atoms with Crippen molar-refractivity contribution < 1.29 is 5.11 Å². The van der Waals surface area contributed by atoms with Crippen molar-refractivity contribution in [2.45, 2.75) is 64.5 Å². The van der Waals surface area contributed by atoms with Gasteiger partial charge in [-0.1, -0.05) is 26.2 Å². The van der Waals surface area contributed by atoms with Crippen molar-refractivity contribution in [3.05, 3.63) is 0 Å². The van der Waals surface area contributed by atoms with E-state index in [-0.39, 0.29) is 12.6 Å². The van der Waals surface area contributed by atoms with Crippen molar-refractivity contribution in [1.82, 2.24) is 5.32 Å². The van der Waals surface area contributed by atoms with Crippen molar-refractivity contribution in [3.8, 4) is 0 Å². The number of hydrogen-bond acceptors (Lipinski definition) is 2. The average Bonchev–Trinajstić information content (AvgIpc) is 2.26. The molecule has 2 N–H and O–H groups in total. The van der Waals surface area contributed by atoms with Crippen molar-refractivity contribution in [2.24, 2.45) is 5.92 Å². The molecule has 2 nitrogen and oxygen atoms in total. The molecule has 0 heterocycles. The van der Waals surface area contributed by atoms with E-state index in [0.29, 0.717) is 6.04 Å². The smallest absolute Gasteiger partial charge is 0.0582 e. The van der Waals surface area contributed by atoms with Crippen LogP contribution in [0.4, 0.5) is 0 Å². The van der Waals surface area contributed by atoms with Gasteiger partial charge < -0.3 is 10.4 Å². The van der Waals surface area contributed by atoms with Crippen LogP contribution in [0.5, 0.6) is 0 Å². The minimum Gasteiger partial charge on any atom is -0.395 e. The highest BCUT2D eigenvalue weighted by Gasteiger charge is 2.22. The third-order valence-corrected chi connectivity index (χ3v) is 3.43. The van der Waals surface area contributed by atoms with Crippen LogP contribution in [0.3, 0.4) is 0 Å². The normalized spacial score (nSPS) is 23.4. The summed E-state index contributed by atoms with van der Waals surface area (Å²) in [5.74, 6) is 0.850. The summed E-state index contributed by atoms with van der Waals surface area (Å²) in [6, 6.07) is 0.874. The van der Waals surface area contributed by atoms with Crippen molar-refractivity contribution in [1.29, 1.82) is 0 Å². The van der Waals surface area contributed by atoms with Crippen LogP contribution in [0.1, 0.15) is 52.4 Å².